The molecule has 0 spiro atoms. The van der Waals surface area contributed by atoms with Gasteiger partial charge >= 0.3 is 5.97 Å². The van der Waals surface area contributed by atoms with E-state index in [1.54, 1.807) is 18.2 Å². The van der Waals surface area contributed by atoms with Crippen molar-refractivity contribution in [3.05, 3.63) is 59.1 Å². The number of nitrogens with one attached hydrogen (secondary N) is 2. The Labute approximate surface area is 163 Å². The summed E-state index contributed by atoms with van der Waals surface area (Å²) in [7, 11) is -3.69. The Balaban J connectivity index is 1.80. The SMILES string of the molecule is O=C(O)c1ccccc1NC1CCCCC1NS(=O)(=O)c1ccc(Cl)cc1. The molecule has 27 heavy (non-hydrogen) atoms. The number of para-hydroxylation sites is 1. The van der Waals surface area contributed by atoms with Crippen LogP contribution in [0.3, 0.4) is 0 Å². The van der Waals surface area contributed by atoms with E-state index >= 15 is 0 Å². The van der Waals surface area contributed by atoms with E-state index in [0.29, 0.717) is 17.1 Å². The number of aromatic carboxylic acids is 1. The number of carboxylic acids is 1. The van der Waals surface area contributed by atoms with Gasteiger partial charge in [0.1, 0.15) is 0 Å². The van der Waals surface area contributed by atoms with Crippen LogP contribution in [0.15, 0.2) is 53.4 Å². The van der Waals surface area contributed by atoms with Crippen molar-refractivity contribution in [3.8, 4) is 0 Å². The van der Waals surface area contributed by atoms with Crippen molar-refractivity contribution in [1.29, 1.82) is 0 Å². The van der Waals surface area contributed by atoms with Crippen LogP contribution in [0, 0.1) is 0 Å². The minimum atomic E-state index is -3.69. The molecule has 2 atom stereocenters. The zero-order valence-corrected chi connectivity index (χ0v) is 16.1. The molecule has 0 saturated heterocycles. The van der Waals surface area contributed by atoms with Gasteiger partial charge < -0.3 is 10.4 Å². The second kappa shape index (κ2) is 8.29. The second-order valence-corrected chi connectivity index (χ2v) is 8.72. The first-order valence-corrected chi connectivity index (χ1v) is 10.6. The summed E-state index contributed by atoms with van der Waals surface area (Å²) < 4.78 is 28.2. The van der Waals surface area contributed by atoms with Crippen LogP contribution < -0.4 is 10.0 Å². The predicted octanol–water partition coefficient (Wildman–Crippen LogP) is 3.74. The van der Waals surface area contributed by atoms with Gasteiger partial charge in [-0.25, -0.2) is 17.9 Å². The molecule has 1 saturated carbocycles. The molecular formula is C19H21ClN2O4S. The molecule has 2 aromatic carbocycles. The number of benzene rings is 2. The number of carbonyl (C=O) groups is 1. The summed E-state index contributed by atoms with van der Waals surface area (Å²) in [5, 5.41) is 13.1. The molecule has 0 bridgehead atoms. The summed E-state index contributed by atoms with van der Waals surface area (Å²) in [6, 6.07) is 12.1. The molecule has 2 aromatic rings. The van der Waals surface area contributed by atoms with Gasteiger partial charge in [-0.15, -0.1) is 0 Å². The van der Waals surface area contributed by atoms with E-state index in [0.717, 1.165) is 19.3 Å². The molecule has 0 radical (unpaired) electrons. The quantitative estimate of drug-likeness (QED) is 0.676. The summed E-state index contributed by atoms with van der Waals surface area (Å²) >= 11 is 5.83. The Kier molecular flexibility index (Phi) is 6.04. The molecule has 6 nitrogen and oxygen atoms in total. The van der Waals surface area contributed by atoms with Gasteiger partial charge in [0.05, 0.1) is 10.5 Å². The maximum Gasteiger partial charge on any atom is 0.337 e. The number of carboxylic acid groups (broad SMARTS) is 1. The Morgan fingerprint density at radius 1 is 1.00 bits per heavy atom. The first-order valence-electron chi connectivity index (χ1n) is 8.73. The van der Waals surface area contributed by atoms with Crippen LogP contribution in [0.2, 0.25) is 5.02 Å². The van der Waals surface area contributed by atoms with Crippen molar-refractivity contribution in [3.63, 3.8) is 0 Å². The highest BCUT2D eigenvalue weighted by molar-refractivity contribution is 7.89. The highest BCUT2D eigenvalue weighted by Crippen LogP contribution is 2.26. The maximum atomic E-state index is 12.7. The van der Waals surface area contributed by atoms with E-state index in [1.165, 1.54) is 30.3 Å². The highest BCUT2D eigenvalue weighted by Gasteiger charge is 2.30. The number of hydrogen-bond acceptors (Lipinski definition) is 4. The normalized spacial score (nSPS) is 20.2. The van der Waals surface area contributed by atoms with E-state index in [4.69, 9.17) is 11.6 Å². The lowest BCUT2D eigenvalue weighted by Crippen LogP contribution is -2.48. The van der Waals surface area contributed by atoms with Crippen LogP contribution in [0.5, 0.6) is 0 Å². The lowest BCUT2D eigenvalue weighted by molar-refractivity contribution is 0.0698. The molecule has 0 aliphatic heterocycles. The summed E-state index contributed by atoms with van der Waals surface area (Å²) in [6.07, 6.45) is 3.29. The monoisotopic (exact) mass is 408 g/mol. The van der Waals surface area contributed by atoms with Crippen LogP contribution in [-0.4, -0.2) is 31.6 Å². The summed E-state index contributed by atoms with van der Waals surface area (Å²) in [4.78, 5) is 11.6. The van der Waals surface area contributed by atoms with Crippen molar-refractivity contribution in [2.75, 3.05) is 5.32 Å². The van der Waals surface area contributed by atoms with Gasteiger partial charge in [0, 0.05) is 22.8 Å². The van der Waals surface area contributed by atoms with Crippen molar-refractivity contribution >= 4 is 33.3 Å². The summed E-state index contributed by atoms with van der Waals surface area (Å²) in [6.45, 7) is 0. The van der Waals surface area contributed by atoms with Gasteiger partial charge in [-0.05, 0) is 49.2 Å². The first kappa shape index (κ1) is 19.7. The fourth-order valence-corrected chi connectivity index (χ4v) is 4.76. The smallest absolute Gasteiger partial charge is 0.337 e. The molecule has 1 aliphatic rings. The lowest BCUT2D eigenvalue weighted by Gasteiger charge is -2.33. The molecule has 2 unspecified atom stereocenters. The number of halogens is 1. The fraction of sp³-hybridized carbons (Fsp3) is 0.316. The van der Waals surface area contributed by atoms with Gasteiger partial charge in [-0.3, -0.25) is 0 Å². The molecular weight excluding hydrogens is 388 g/mol. The van der Waals surface area contributed by atoms with Gasteiger partial charge in [-0.2, -0.15) is 0 Å². The minimum absolute atomic E-state index is 0.155. The van der Waals surface area contributed by atoms with Crippen molar-refractivity contribution < 1.29 is 18.3 Å². The maximum absolute atomic E-state index is 12.7. The highest BCUT2D eigenvalue weighted by atomic mass is 35.5. The van der Waals surface area contributed by atoms with E-state index < -0.39 is 16.0 Å². The number of rotatable bonds is 6. The first-order chi connectivity index (χ1) is 12.9. The lowest BCUT2D eigenvalue weighted by atomic mass is 9.90. The van der Waals surface area contributed by atoms with Gasteiger partial charge in [0.2, 0.25) is 10.0 Å². The predicted molar refractivity (Wildman–Crippen MR) is 105 cm³/mol. The van der Waals surface area contributed by atoms with Crippen molar-refractivity contribution in [2.45, 2.75) is 42.7 Å². The van der Waals surface area contributed by atoms with Gasteiger partial charge in [0.15, 0.2) is 0 Å². The third-order valence-electron chi connectivity index (χ3n) is 4.69. The van der Waals surface area contributed by atoms with Gasteiger partial charge in [-0.1, -0.05) is 36.6 Å². The molecule has 0 amide bonds. The molecule has 1 fully saturated rings. The van der Waals surface area contributed by atoms with Crippen LogP contribution in [-0.2, 0) is 10.0 Å². The molecule has 0 aromatic heterocycles. The Morgan fingerprint density at radius 2 is 1.63 bits per heavy atom. The van der Waals surface area contributed by atoms with Gasteiger partial charge in [0.25, 0.3) is 0 Å². The third-order valence-corrected chi connectivity index (χ3v) is 6.45. The van der Waals surface area contributed by atoms with Crippen molar-refractivity contribution in [2.24, 2.45) is 0 Å². The zero-order valence-electron chi connectivity index (χ0n) is 14.6. The Hall–Kier alpha value is -2.09. The fourth-order valence-electron chi connectivity index (χ4n) is 3.32. The van der Waals surface area contributed by atoms with E-state index in [-0.39, 0.29) is 22.5 Å². The topological polar surface area (TPSA) is 95.5 Å². The van der Waals surface area contributed by atoms with E-state index in [2.05, 4.69) is 10.0 Å². The Morgan fingerprint density at radius 3 is 2.30 bits per heavy atom. The molecule has 3 rings (SSSR count). The average molecular weight is 409 g/mol. The molecule has 0 heterocycles. The van der Waals surface area contributed by atoms with E-state index in [1.807, 2.05) is 0 Å². The second-order valence-electron chi connectivity index (χ2n) is 6.57. The summed E-state index contributed by atoms with van der Waals surface area (Å²) in [5.74, 6) is -1.02. The van der Waals surface area contributed by atoms with Crippen LogP contribution in [0.4, 0.5) is 5.69 Å². The van der Waals surface area contributed by atoms with Crippen LogP contribution >= 0.6 is 11.6 Å². The molecule has 3 N–H and O–H groups in total. The molecule has 1 aliphatic carbocycles. The van der Waals surface area contributed by atoms with E-state index in [9.17, 15) is 18.3 Å². The number of sulfonamides is 1. The minimum Gasteiger partial charge on any atom is -0.478 e. The molecule has 144 valence electrons. The van der Waals surface area contributed by atoms with Crippen LogP contribution in [0.25, 0.3) is 0 Å². The Bertz CT molecular complexity index is 916. The zero-order chi connectivity index (χ0) is 19.4. The summed E-state index contributed by atoms with van der Waals surface area (Å²) in [5.41, 5.74) is 0.662. The largest absolute Gasteiger partial charge is 0.478 e. The molecule has 8 heteroatoms. The third kappa shape index (κ3) is 4.80. The van der Waals surface area contributed by atoms with Crippen LogP contribution in [0.1, 0.15) is 36.0 Å². The number of hydrogen-bond donors (Lipinski definition) is 3. The number of anilines is 1. The average Bonchev–Trinajstić information content (AvgIpc) is 2.64. The van der Waals surface area contributed by atoms with Crippen molar-refractivity contribution in [1.82, 2.24) is 4.72 Å². The standard InChI is InChI=1S/C19H21ClN2O4S/c20-13-9-11-14(12-10-13)27(25,26)22-18-8-4-3-7-17(18)21-16-6-2-1-5-15(16)19(23)24/h1-2,5-6,9-12,17-18,21-22H,3-4,7-8H2,(H,23,24).